The fourth-order valence-corrected chi connectivity index (χ4v) is 3.56. The first-order valence-corrected chi connectivity index (χ1v) is 10.2. The second kappa shape index (κ2) is 9.28. The molecule has 3 aromatic carbocycles. The van der Waals surface area contributed by atoms with Gasteiger partial charge in [-0.2, -0.15) is 5.10 Å². The van der Waals surface area contributed by atoms with Gasteiger partial charge < -0.3 is 10.1 Å². The van der Waals surface area contributed by atoms with E-state index in [1.54, 1.807) is 0 Å². The van der Waals surface area contributed by atoms with E-state index in [-0.39, 0.29) is 0 Å². The highest BCUT2D eigenvalue weighted by Crippen LogP contribution is 2.33. The molecule has 29 heavy (non-hydrogen) atoms. The molecule has 0 saturated heterocycles. The Balaban J connectivity index is 1.47. The summed E-state index contributed by atoms with van der Waals surface area (Å²) in [6.07, 6.45) is 2.92. The summed E-state index contributed by atoms with van der Waals surface area (Å²) < 4.78 is 6.15. The van der Waals surface area contributed by atoms with E-state index in [2.05, 4.69) is 52.8 Å². The van der Waals surface area contributed by atoms with Gasteiger partial charge in [0.2, 0.25) is 0 Å². The van der Waals surface area contributed by atoms with Crippen LogP contribution in [0.4, 0.5) is 5.69 Å². The third kappa shape index (κ3) is 4.43. The lowest BCUT2D eigenvalue weighted by Gasteiger charge is -2.12. The normalized spacial score (nSPS) is 10.9. The third-order valence-corrected chi connectivity index (χ3v) is 4.97. The third-order valence-electron chi connectivity index (χ3n) is 4.97. The molecule has 4 rings (SSSR count). The maximum Gasteiger partial charge on any atom is 0.124 e. The first-order valence-electron chi connectivity index (χ1n) is 10.2. The Labute approximate surface area is 171 Å². The molecular formula is C25H26N3O. The second-order valence-electron chi connectivity index (χ2n) is 7.07. The van der Waals surface area contributed by atoms with E-state index in [9.17, 15) is 0 Å². The molecule has 0 aliphatic rings. The zero-order chi connectivity index (χ0) is 19.9. The van der Waals surface area contributed by atoms with Crippen molar-refractivity contribution in [3.8, 4) is 17.0 Å². The molecule has 0 amide bonds. The van der Waals surface area contributed by atoms with Crippen LogP contribution < -0.4 is 10.1 Å². The number of ether oxygens (including phenoxy) is 1. The molecule has 1 heterocycles. The van der Waals surface area contributed by atoms with Gasteiger partial charge >= 0.3 is 0 Å². The number of benzene rings is 3. The van der Waals surface area contributed by atoms with Crippen LogP contribution in [0.15, 0.2) is 66.7 Å². The molecule has 2 N–H and O–H groups in total. The highest BCUT2D eigenvalue weighted by molar-refractivity contribution is 5.95. The summed E-state index contributed by atoms with van der Waals surface area (Å²) in [7, 11) is 0. The van der Waals surface area contributed by atoms with E-state index >= 15 is 0 Å². The van der Waals surface area contributed by atoms with Crippen molar-refractivity contribution in [2.24, 2.45) is 0 Å². The van der Waals surface area contributed by atoms with E-state index in [0.717, 1.165) is 59.4 Å². The van der Waals surface area contributed by atoms with Crippen LogP contribution in [0.25, 0.3) is 22.2 Å². The number of hydrogen-bond acceptors (Lipinski definition) is 3. The van der Waals surface area contributed by atoms with Gasteiger partial charge in [-0.15, -0.1) is 0 Å². The van der Waals surface area contributed by atoms with Crippen molar-refractivity contribution in [3.05, 3.63) is 78.4 Å². The van der Waals surface area contributed by atoms with E-state index in [0.29, 0.717) is 6.61 Å². The largest absolute Gasteiger partial charge is 0.493 e. The predicted molar refractivity (Wildman–Crippen MR) is 119 cm³/mol. The fraction of sp³-hybridized carbons (Fsp3) is 0.240. The number of hydrogen-bond donors (Lipinski definition) is 2. The van der Waals surface area contributed by atoms with Crippen LogP contribution in [0.5, 0.6) is 5.75 Å². The van der Waals surface area contributed by atoms with Crippen LogP contribution in [0.1, 0.15) is 25.3 Å². The minimum absolute atomic E-state index is 0.668. The Morgan fingerprint density at radius 1 is 1.07 bits per heavy atom. The van der Waals surface area contributed by atoms with Crippen LogP contribution in [0.2, 0.25) is 0 Å². The lowest BCUT2D eigenvalue weighted by Crippen LogP contribution is -2.08. The zero-order valence-corrected chi connectivity index (χ0v) is 16.7. The van der Waals surface area contributed by atoms with E-state index < -0.39 is 0 Å². The Hall–Kier alpha value is -3.27. The van der Waals surface area contributed by atoms with E-state index in [1.165, 1.54) is 5.56 Å². The molecule has 0 spiro atoms. The van der Waals surface area contributed by atoms with E-state index in [1.807, 2.05) is 42.5 Å². The molecule has 4 aromatic rings. The molecule has 1 aromatic heterocycles. The second-order valence-corrected chi connectivity index (χ2v) is 7.07. The fourth-order valence-electron chi connectivity index (χ4n) is 3.56. The quantitative estimate of drug-likeness (QED) is 0.355. The first-order chi connectivity index (χ1) is 14.4. The van der Waals surface area contributed by atoms with Gasteiger partial charge in [0.1, 0.15) is 5.75 Å². The number of rotatable bonds is 9. The van der Waals surface area contributed by atoms with Gasteiger partial charge in [0.25, 0.3) is 0 Å². The van der Waals surface area contributed by atoms with Crippen molar-refractivity contribution in [2.75, 3.05) is 18.5 Å². The maximum absolute atomic E-state index is 6.15. The number of fused-ring (bicyclic) bond motifs is 1. The Morgan fingerprint density at radius 2 is 1.97 bits per heavy atom. The maximum atomic E-state index is 6.15. The number of aromatic amines is 1. The molecule has 0 atom stereocenters. The van der Waals surface area contributed by atoms with Crippen LogP contribution >= 0.6 is 0 Å². The van der Waals surface area contributed by atoms with Gasteiger partial charge in [-0.3, -0.25) is 5.10 Å². The van der Waals surface area contributed by atoms with Gasteiger partial charge in [0.05, 0.1) is 17.8 Å². The highest BCUT2D eigenvalue weighted by atomic mass is 16.5. The Bertz CT molecular complexity index is 1040. The van der Waals surface area contributed by atoms with Gasteiger partial charge in [-0.1, -0.05) is 55.8 Å². The summed E-state index contributed by atoms with van der Waals surface area (Å²) in [6.45, 7) is 3.72. The number of nitrogens with zero attached hydrogens (tertiary/aromatic N) is 1. The monoisotopic (exact) mass is 384 g/mol. The number of nitrogens with one attached hydrogen (secondary N) is 2. The number of aryl methyl sites for hydroxylation is 1. The topological polar surface area (TPSA) is 49.9 Å². The Morgan fingerprint density at radius 3 is 2.76 bits per heavy atom. The molecule has 4 nitrogen and oxygen atoms in total. The lowest BCUT2D eigenvalue weighted by molar-refractivity contribution is 0.312. The molecule has 147 valence electrons. The van der Waals surface area contributed by atoms with Crippen molar-refractivity contribution in [3.63, 3.8) is 0 Å². The summed E-state index contributed by atoms with van der Waals surface area (Å²) in [4.78, 5) is 0. The molecule has 0 aliphatic carbocycles. The average Bonchev–Trinajstić information content (AvgIpc) is 3.21. The summed E-state index contributed by atoms with van der Waals surface area (Å²) in [5, 5.41) is 12.4. The molecular weight excluding hydrogens is 358 g/mol. The van der Waals surface area contributed by atoms with Crippen molar-refractivity contribution in [1.29, 1.82) is 0 Å². The van der Waals surface area contributed by atoms with Gasteiger partial charge in [-0.25, -0.2) is 0 Å². The molecule has 0 bridgehead atoms. The van der Waals surface area contributed by atoms with Crippen molar-refractivity contribution >= 4 is 16.6 Å². The van der Waals surface area contributed by atoms with Crippen LogP contribution in [-0.2, 0) is 6.42 Å². The molecule has 0 saturated carbocycles. The molecule has 0 fully saturated rings. The van der Waals surface area contributed by atoms with Crippen molar-refractivity contribution < 1.29 is 4.74 Å². The highest BCUT2D eigenvalue weighted by Gasteiger charge is 2.15. The zero-order valence-electron chi connectivity index (χ0n) is 16.7. The predicted octanol–water partition coefficient (Wildman–Crippen LogP) is 5.86. The Kier molecular flexibility index (Phi) is 6.10. The lowest BCUT2D eigenvalue weighted by atomic mass is 10.0. The van der Waals surface area contributed by atoms with Crippen molar-refractivity contribution in [2.45, 2.75) is 26.2 Å². The standard InChI is InChI=1S/C25H26N3O/c1-2-10-21-23(29-18-9-17-26-20-13-7-4-8-14-20)16-15-22-24(27-28-25(21)22)19-11-5-3-6-12-19/h3-7,11-16,26H,2,9-10,17-18H2,1H3,(H,27,28). The van der Waals surface area contributed by atoms with Gasteiger partial charge in [0, 0.05) is 28.7 Å². The number of anilines is 1. The van der Waals surface area contributed by atoms with Gasteiger partial charge in [0.15, 0.2) is 0 Å². The molecule has 0 aliphatic heterocycles. The smallest absolute Gasteiger partial charge is 0.124 e. The summed E-state index contributed by atoms with van der Waals surface area (Å²) in [5.41, 5.74) is 5.50. The summed E-state index contributed by atoms with van der Waals surface area (Å²) in [5.74, 6) is 0.943. The number of H-pyrrole nitrogens is 1. The summed E-state index contributed by atoms with van der Waals surface area (Å²) in [6, 6.07) is 25.5. The molecule has 1 radical (unpaired) electrons. The van der Waals surface area contributed by atoms with Crippen LogP contribution in [0.3, 0.4) is 0 Å². The number of aromatic nitrogens is 2. The molecule has 4 heteroatoms. The minimum Gasteiger partial charge on any atom is -0.493 e. The van der Waals surface area contributed by atoms with Crippen LogP contribution in [0, 0.1) is 6.07 Å². The van der Waals surface area contributed by atoms with E-state index in [4.69, 9.17) is 4.74 Å². The van der Waals surface area contributed by atoms with Crippen molar-refractivity contribution in [1.82, 2.24) is 10.2 Å². The SMILES string of the molecule is CCCc1c(OCCCNc2c[c]ccc2)ccc2c(-c3ccccc3)[nH]nc12. The molecule has 0 unspecified atom stereocenters. The van der Waals surface area contributed by atoms with Gasteiger partial charge in [-0.05, 0) is 43.2 Å². The summed E-state index contributed by atoms with van der Waals surface area (Å²) >= 11 is 0. The average molecular weight is 385 g/mol. The first kappa shape index (κ1) is 19.1. The van der Waals surface area contributed by atoms with Crippen LogP contribution in [-0.4, -0.2) is 23.3 Å². The minimum atomic E-state index is 0.668.